The Hall–Kier alpha value is -4.32. The van der Waals surface area contributed by atoms with Crippen molar-refractivity contribution in [1.29, 1.82) is 10.5 Å². The molecule has 0 aliphatic carbocycles. The molecule has 0 saturated carbocycles. The van der Waals surface area contributed by atoms with Crippen molar-refractivity contribution in [1.82, 2.24) is 9.78 Å². The largest absolute Gasteiger partial charge is 0.294 e. The van der Waals surface area contributed by atoms with Gasteiger partial charge in [-0.15, -0.1) is 0 Å². The number of benzene rings is 2. The standard InChI is InChI=1S/C19H6F6N4O2/c1-6-12(18(30)7-2-10(20)8(4-26)11(21)3-7)19(31)29(28-6)17-15(24)13(22)9(5-27)14(23)16(17)25/h2-3,28H,1H3. The minimum Gasteiger partial charge on any atom is -0.294 e. The molecule has 0 unspecified atom stereocenters. The van der Waals surface area contributed by atoms with Crippen LogP contribution >= 0.6 is 0 Å². The van der Waals surface area contributed by atoms with Crippen LogP contribution in [0.4, 0.5) is 26.3 Å². The first-order valence-electron chi connectivity index (χ1n) is 8.06. The Balaban J connectivity index is 2.25. The Morgan fingerprint density at radius 3 is 1.84 bits per heavy atom. The lowest BCUT2D eigenvalue weighted by Gasteiger charge is -2.08. The Bertz CT molecular complexity index is 1370. The Morgan fingerprint density at radius 2 is 1.39 bits per heavy atom. The Kier molecular flexibility index (Phi) is 5.17. The normalized spacial score (nSPS) is 10.6. The monoisotopic (exact) mass is 436 g/mol. The third-order valence-electron chi connectivity index (χ3n) is 4.29. The maximum Gasteiger partial charge on any atom is 0.282 e. The second-order valence-electron chi connectivity index (χ2n) is 6.10. The number of aromatic nitrogens is 2. The smallest absolute Gasteiger partial charge is 0.282 e. The maximum atomic E-state index is 14.3. The number of nitriles is 2. The van der Waals surface area contributed by atoms with Crippen molar-refractivity contribution in [3.8, 4) is 17.8 Å². The molecule has 3 aromatic rings. The van der Waals surface area contributed by atoms with E-state index >= 15 is 0 Å². The predicted molar refractivity (Wildman–Crippen MR) is 90.2 cm³/mol. The second kappa shape index (κ2) is 7.50. The molecule has 0 radical (unpaired) electrons. The lowest BCUT2D eigenvalue weighted by Crippen LogP contribution is -2.24. The van der Waals surface area contributed by atoms with Crippen LogP contribution in [0.3, 0.4) is 0 Å². The number of aromatic amines is 1. The summed E-state index contributed by atoms with van der Waals surface area (Å²) in [6, 6.07) is 3.13. The maximum absolute atomic E-state index is 14.3. The van der Waals surface area contributed by atoms with E-state index in [4.69, 9.17) is 10.5 Å². The highest BCUT2D eigenvalue weighted by Gasteiger charge is 2.30. The van der Waals surface area contributed by atoms with Gasteiger partial charge in [0, 0.05) is 11.3 Å². The second-order valence-corrected chi connectivity index (χ2v) is 6.10. The molecule has 31 heavy (non-hydrogen) atoms. The summed E-state index contributed by atoms with van der Waals surface area (Å²) >= 11 is 0. The third-order valence-corrected chi connectivity index (χ3v) is 4.29. The molecule has 0 atom stereocenters. The molecule has 0 bridgehead atoms. The van der Waals surface area contributed by atoms with Crippen LogP contribution in [0.2, 0.25) is 0 Å². The van der Waals surface area contributed by atoms with Gasteiger partial charge in [-0.25, -0.2) is 31.0 Å². The number of nitrogens with zero attached hydrogens (tertiary/aromatic N) is 3. The summed E-state index contributed by atoms with van der Waals surface area (Å²) in [6.45, 7) is 1.08. The van der Waals surface area contributed by atoms with Gasteiger partial charge in [-0.2, -0.15) is 10.5 Å². The molecule has 3 rings (SSSR count). The van der Waals surface area contributed by atoms with Crippen LogP contribution in [0.25, 0.3) is 5.69 Å². The number of carbonyl (C=O) groups excluding carboxylic acids is 1. The zero-order chi connectivity index (χ0) is 23.2. The topological polar surface area (TPSA) is 102 Å². The van der Waals surface area contributed by atoms with Crippen molar-refractivity contribution in [2.24, 2.45) is 0 Å². The number of hydrogen-bond donors (Lipinski definition) is 1. The molecule has 0 aliphatic heterocycles. The summed E-state index contributed by atoms with van der Waals surface area (Å²) in [6.07, 6.45) is 0. The van der Waals surface area contributed by atoms with E-state index in [-0.39, 0.29) is 10.4 Å². The molecule has 0 aliphatic rings. The zero-order valence-electron chi connectivity index (χ0n) is 15.1. The van der Waals surface area contributed by atoms with Crippen LogP contribution in [-0.4, -0.2) is 15.6 Å². The molecule has 1 N–H and O–H groups in total. The van der Waals surface area contributed by atoms with Crippen LogP contribution in [0.1, 0.15) is 32.7 Å². The SMILES string of the molecule is Cc1[nH]n(-c2c(F)c(F)c(C#N)c(F)c2F)c(=O)c1C(=O)c1cc(F)c(C#N)c(F)c1. The molecular formula is C19H6F6N4O2. The predicted octanol–water partition coefficient (Wildman–Crippen LogP) is 3.28. The summed E-state index contributed by atoms with van der Waals surface area (Å²) in [5.41, 5.74) is -7.51. The van der Waals surface area contributed by atoms with E-state index in [0.717, 1.165) is 13.0 Å². The lowest BCUT2D eigenvalue weighted by atomic mass is 10.0. The first-order chi connectivity index (χ1) is 14.5. The van der Waals surface area contributed by atoms with Crippen molar-refractivity contribution in [2.45, 2.75) is 6.92 Å². The van der Waals surface area contributed by atoms with Crippen LogP contribution in [0.15, 0.2) is 16.9 Å². The molecule has 156 valence electrons. The number of hydrogen-bond acceptors (Lipinski definition) is 4. The quantitative estimate of drug-likeness (QED) is 0.387. The summed E-state index contributed by atoms with van der Waals surface area (Å²) in [4.78, 5) is 25.2. The highest BCUT2D eigenvalue weighted by molar-refractivity contribution is 6.09. The van der Waals surface area contributed by atoms with Gasteiger partial charge in [-0.1, -0.05) is 0 Å². The van der Waals surface area contributed by atoms with E-state index in [2.05, 4.69) is 5.10 Å². The lowest BCUT2D eigenvalue weighted by molar-refractivity contribution is 0.103. The van der Waals surface area contributed by atoms with E-state index in [1.54, 1.807) is 0 Å². The van der Waals surface area contributed by atoms with Gasteiger partial charge in [-0.3, -0.25) is 14.7 Å². The van der Waals surface area contributed by atoms with Crippen LogP contribution < -0.4 is 5.56 Å². The Morgan fingerprint density at radius 1 is 0.903 bits per heavy atom. The minimum atomic E-state index is -2.09. The zero-order valence-corrected chi connectivity index (χ0v) is 15.1. The van der Waals surface area contributed by atoms with E-state index < -0.39 is 74.2 Å². The average Bonchev–Trinajstić information content (AvgIpc) is 3.00. The summed E-state index contributed by atoms with van der Waals surface area (Å²) in [5, 5.41) is 19.4. The molecule has 6 nitrogen and oxygen atoms in total. The fourth-order valence-corrected chi connectivity index (χ4v) is 2.84. The molecule has 12 heteroatoms. The number of aryl methyl sites for hydroxylation is 1. The van der Waals surface area contributed by atoms with E-state index in [1.807, 2.05) is 0 Å². The van der Waals surface area contributed by atoms with Crippen molar-refractivity contribution in [3.05, 3.63) is 85.3 Å². The number of halogens is 6. The highest BCUT2D eigenvalue weighted by Crippen LogP contribution is 2.26. The van der Waals surface area contributed by atoms with Gasteiger partial charge in [-0.05, 0) is 19.1 Å². The van der Waals surface area contributed by atoms with E-state index in [1.165, 1.54) is 6.07 Å². The summed E-state index contributed by atoms with van der Waals surface area (Å²) in [5.74, 6) is -12.4. The summed E-state index contributed by atoms with van der Waals surface area (Å²) in [7, 11) is 0. The number of carbonyl (C=O) groups is 1. The molecule has 0 saturated heterocycles. The number of nitrogens with one attached hydrogen (secondary N) is 1. The van der Waals surface area contributed by atoms with Gasteiger partial charge in [0.25, 0.3) is 5.56 Å². The van der Waals surface area contributed by atoms with Gasteiger partial charge in [0.2, 0.25) is 5.78 Å². The minimum absolute atomic E-state index is 0.0170. The van der Waals surface area contributed by atoms with Gasteiger partial charge in [0.05, 0.1) is 0 Å². The molecule has 0 amide bonds. The number of H-pyrrole nitrogens is 1. The molecule has 2 aromatic carbocycles. The van der Waals surface area contributed by atoms with Crippen LogP contribution in [-0.2, 0) is 0 Å². The van der Waals surface area contributed by atoms with Crippen molar-refractivity contribution in [3.63, 3.8) is 0 Å². The molecule has 0 spiro atoms. The first kappa shape index (κ1) is 21.4. The fraction of sp³-hybridized carbons (Fsp3) is 0.0526. The van der Waals surface area contributed by atoms with Crippen LogP contribution in [0.5, 0.6) is 0 Å². The third kappa shape index (κ3) is 3.14. The molecular weight excluding hydrogens is 430 g/mol. The van der Waals surface area contributed by atoms with Crippen LogP contribution in [0, 0.1) is 64.5 Å². The van der Waals surface area contributed by atoms with Gasteiger partial charge in [0.1, 0.15) is 46.2 Å². The fourth-order valence-electron chi connectivity index (χ4n) is 2.84. The summed E-state index contributed by atoms with van der Waals surface area (Å²) < 4.78 is 84.0. The highest BCUT2D eigenvalue weighted by atomic mass is 19.2. The number of rotatable bonds is 3. The molecule has 1 heterocycles. The van der Waals surface area contributed by atoms with E-state index in [0.29, 0.717) is 12.1 Å². The van der Waals surface area contributed by atoms with Gasteiger partial charge in [0.15, 0.2) is 23.3 Å². The van der Waals surface area contributed by atoms with Crippen molar-refractivity contribution in [2.75, 3.05) is 0 Å². The Labute approximate surface area is 168 Å². The van der Waals surface area contributed by atoms with Gasteiger partial charge >= 0.3 is 0 Å². The average molecular weight is 436 g/mol. The molecule has 1 aromatic heterocycles. The molecule has 0 fully saturated rings. The number of ketones is 1. The first-order valence-corrected chi connectivity index (χ1v) is 8.06. The van der Waals surface area contributed by atoms with Crippen molar-refractivity contribution < 1.29 is 31.1 Å². The van der Waals surface area contributed by atoms with Crippen molar-refractivity contribution >= 4 is 5.78 Å². The van der Waals surface area contributed by atoms with Gasteiger partial charge < -0.3 is 0 Å². The van der Waals surface area contributed by atoms with E-state index in [9.17, 15) is 35.9 Å².